The van der Waals surface area contributed by atoms with E-state index in [0.717, 1.165) is 0 Å². The highest BCUT2D eigenvalue weighted by Gasteiger charge is 2.65. The van der Waals surface area contributed by atoms with E-state index in [1.54, 1.807) is 0 Å². The fraction of sp³-hybridized carbons (Fsp3) is 0.773. The van der Waals surface area contributed by atoms with Crippen molar-refractivity contribution in [2.24, 2.45) is 11.3 Å². The Bertz CT molecular complexity index is 700. The van der Waals surface area contributed by atoms with Gasteiger partial charge in [0.25, 0.3) is 0 Å². The minimum atomic E-state index is -2.15. The highest BCUT2D eigenvalue weighted by atomic mass is 28.4. The molecule has 1 aliphatic heterocycles. The molecule has 0 aromatic rings. The molecular formula is C22H37NO6Si. The van der Waals surface area contributed by atoms with Crippen molar-refractivity contribution < 1.29 is 28.3 Å². The first-order valence-corrected chi connectivity index (χ1v) is 13.6. The van der Waals surface area contributed by atoms with Gasteiger partial charge in [-0.1, -0.05) is 33.4 Å². The monoisotopic (exact) mass is 439 g/mol. The van der Waals surface area contributed by atoms with E-state index in [9.17, 15) is 14.4 Å². The molecule has 1 saturated heterocycles. The van der Waals surface area contributed by atoms with Crippen molar-refractivity contribution in [3.8, 4) is 0 Å². The molecule has 2 fully saturated rings. The van der Waals surface area contributed by atoms with Crippen molar-refractivity contribution >= 4 is 26.0 Å². The van der Waals surface area contributed by atoms with E-state index in [-0.39, 0.29) is 23.3 Å². The summed E-state index contributed by atoms with van der Waals surface area (Å²) in [6, 6.07) is -0.674. The van der Waals surface area contributed by atoms with Crippen LogP contribution < -0.4 is 5.32 Å². The number of amides is 1. The lowest BCUT2D eigenvalue weighted by atomic mass is 9.60. The number of rotatable bonds is 8. The highest BCUT2D eigenvalue weighted by molar-refractivity contribution is 6.74. The number of carbonyl (C=O) groups excluding carboxylic acids is 3. The van der Waals surface area contributed by atoms with Crippen molar-refractivity contribution in [1.29, 1.82) is 0 Å². The third-order valence-electron chi connectivity index (χ3n) is 7.03. The molecule has 2 aliphatic rings. The molecule has 0 bridgehead atoms. The molecular weight excluding hydrogens is 402 g/mol. The summed E-state index contributed by atoms with van der Waals surface area (Å²) in [5.41, 5.74) is -1.47. The number of β-lactam (4-membered cyclic amide) rings is 1. The first-order valence-electron chi connectivity index (χ1n) is 10.7. The van der Waals surface area contributed by atoms with Crippen molar-refractivity contribution in [2.45, 2.75) is 83.3 Å². The highest BCUT2D eigenvalue weighted by Crippen LogP contribution is 2.46. The molecule has 2 unspecified atom stereocenters. The van der Waals surface area contributed by atoms with Crippen LogP contribution in [0.2, 0.25) is 18.1 Å². The average Bonchev–Trinajstić information content (AvgIpc) is 2.63. The van der Waals surface area contributed by atoms with Crippen LogP contribution in [0.15, 0.2) is 12.7 Å². The van der Waals surface area contributed by atoms with Crippen LogP contribution in [0.1, 0.15) is 47.0 Å². The molecule has 1 N–H and O–H groups in total. The van der Waals surface area contributed by atoms with E-state index < -0.39 is 43.9 Å². The maximum Gasteiger partial charge on any atom is 0.322 e. The van der Waals surface area contributed by atoms with Gasteiger partial charge >= 0.3 is 5.97 Å². The summed E-state index contributed by atoms with van der Waals surface area (Å²) in [5, 5.41) is 2.81. The molecule has 1 saturated carbocycles. The molecule has 0 radical (unpaired) electrons. The second-order valence-electron chi connectivity index (χ2n) is 9.93. The Kier molecular flexibility index (Phi) is 7.36. The Morgan fingerprint density at radius 2 is 2.00 bits per heavy atom. The van der Waals surface area contributed by atoms with Crippen molar-refractivity contribution in [3.63, 3.8) is 0 Å². The Balaban J connectivity index is 2.38. The summed E-state index contributed by atoms with van der Waals surface area (Å²) in [6.07, 6.45) is 1.84. The molecule has 30 heavy (non-hydrogen) atoms. The number of methoxy groups -OCH3 is 1. The Morgan fingerprint density at radius 3 is 2.50 bits per heavy atom. The van der Waals surface area contributed by atoms with E-state index >= 15 is 0 Å². The zero-order valence-electron chi connectivity index (χ0n) is 19.4. The Morgan fingerprint density at radius 1 is 1.37 bits per heavy atom. The minimum Gasteiger partial charge on any atom is -0.461 e. The topological polar surface area (TPSA) is 90.9 Å². The largest absolute Gasteiger partial charge is 0.461 e. The third kappa shape index (κ3) is 4.27. The Hall–Kier alpha value is -1.51. The van der Waals surface area contributed by atoms with Crippen LogP contribution in [0.3, 0.4) is 0 Å². The summed E-state index contributed by atoms with van der Waals surface area (Å²) < 4.78 is 17.2. The van der Waals surface area contributed by atoms with Crippen LogP contribution in [0.4, 0.5) is 0 Å². The number of esters is 1. The van der Waals surface area contributed by atoms with E-state index in [1.807, 2.05) is 6.92 Å². The van der Waals surface area contributed by atoms with Gasteiger partial charge in [-0.15, -0.1) is 0 Å². The molecule has 7 nitrogen and oxygen atoms in total. The van der Waals surface area contributed by atoms with E-state index in [4.69, 9.17) is 13.9 Å². The summed E-state index contributed by atoms with van der Waals surface area (Å²) in [5.74, 6) is -1.74. The molecule has 2 rings (SSSR count). The lowest BCUT2D eigenvalue weighted by Crippen LogP contribution is -2.74. The zero-order valence-corrected chi connectivity index (χ0v) is 20.4. The lowest BCUT2D eigenvalue weighted by Gasteiger charge is -2.52. The fourth-order valence-electron chi connectivity index (χ4n) is 4.26. The number of carbonyl (C=O) groups is 3. The van der Waals surface area contributed by atoms with Gasteiger partial charge in [0.2, 0.25) is 5.91 Å². The molecule has 5 atom stereocenters. The SMILES string of the molecule is C=CCOC(=O)C1([C@H]2NC(=O)[C@@H]2[C@@H](C)O[Si](C)(C)C(C)(C)C)CCCC(OC)C1=O. The predicted octanol–water partition coefficient (Wildman–Crippen LogP) is 2.99. The summed E-state index contributed by atoms with van der Waals surface area (Å²) in [4.78, 5) is 39.2. The number of ketones is 1. The maximum atomic E-state index is 13.4. The van der Waals surface area contributed by atoms with Crippen LogP contribution in [0.5, 0.6) is 0 Å². The van der Waals surface area contributed by atoms with Crippen LogP contribution in [-0.4, -0.2) is 57.9 Å². The summed E-state index contributed by atoms with van der Waals surface area (Å²) in [6.45, 7) is 16.1. The van der Waals surface area contributed by atoms with Crippen molar-refractivity contribution in [2.75, 3.05) is 13.7 Å². The molecule has 8 heteroatoms. The normalized spacial score (nSPS) is 30.8. The van der Waals surface area contributed by atoms with E-state index in [1.165, 1.54) is 13.2 Å². The summed E-state index contributed by atoms with van der Waals surface area (Å²) >= 11 is 0. The van der Waals surface area contributed by atoms with Crippen LogP contribution in [0.25, 0.3) is 0 Å². The van der Waals surface area contributed by atoms with Gasteiger partial charge in [0, 0.05) is 7.11 Å². The van der Waals surface area contributed by atoms with Gasteiger partial charge in [0.1, 0.15) is 18.1 Å². The Labute approximate surface area is 181 Å². The van der Waals surface area contributed by atoms with Crippen LogP contribution in [-0.2, 0) is 28.3 Å². The number of nitrogens with one attached hydrogen (secondary N) is 1. The van der Waals surface area contributed by atoms with Gasteiger partial charge in [0.15, 0.2) is 14.1 Å². The molecule has 1 aliphatic carbocycles. The zero-order chi connectivity index (χ0) is 22.9. The first-order chi connectivity index (χ1) is 13.8. The molecule has 1 amide bonds. The lowest BCUT2D eigenvalue weighted by molar-refractivity contribution is -0.177. The molecule has 0 aromatic heterocycles. The standard InChI is InChI=1S/C22H37NO6Si/c1-9-13-28-20(26)22(12-10-11-15(27-6)18(22)24)17-16(19(25)23-17)14(2)29-30(7,8)21(3,4)5/h9,14-17H,1,10-13H2,2-8H3,(H,23,25)/t14-,15?,16-,17+,22?/m1/s1. The predicted molar refractivity (Wildman–Crippen MR) is 116 cm³/mol. The van der Waals surface area contributed by atoms with Gasteiger partial charge in [-0.2, -0.15) is 0 Å². The van der Waals surface area contributed by atoms with Gasteiger partial charge < -0.3 is 19.2 Å². The molecule has 0 spiro atoms. The maximum absolute atomic E-state index is 13.4. The second kappa shape index (κ2) is 8.92. The van der Waals surface area contributed by atoms with Crippen molar-refractivity contribution in [1.82, 2.24) is 5.32 Å². The van der Waals surface area contributed by atoms with Gasteiger partial charge in [-0.3, -0.25) is 14.4 Å². The quantitative estimate of drug-likeness (QED) is 0.206. The average molecular weight is 440 g/mol. The van der Waals surface area contributed by atoms with Gasteiger partial charge in [-0.05, 0) is 44.3 Å². The molecule has 1 heterocycles. The summed E-state index contributed by atoms with van der Waals surface area (Å²) in [7, 11) is -0.685. The number of ether oxygens (including phenoxy) is 2. The second-order valence-corrected chi connectivity index (χ2v) is 14.7. The van der Waals surface area contributed by atoms with Gasteiger partial charge in [0.05, 0.1) is 18.1 Å². The molecule has 0 aromatic carbocycles. The smallest absolute Gasteiger partial charge is 0.322 e. The number of hydrogen-bond acceptors (Lipinski definition) is 6. The van der Waals surface area contributed by atoms with Crippen molar-refractivity contribution in [3.05, 3.63) is 12.7 Å². The van der Waals surface area contributed by atoms with Crippen LogP contribution in [0, 0.1) is 11.3 Å². The minimum absolute atomic E-state index is 0.00681. The first kappa shape index (κ1) is 24.8. The number of hydrogen-bond donors (Lipinski definition) is 1. The van der Waals surface area contributed by atoms with Crippen LogP contribution >= 0.6 is 0 Å². The number of Topliss-reactive ketones (excluding diaryl/α,β-unsaturated/α-hetero) is 1. The third-order valence-corrected chi connectivity index (χ3v) is 11.6. The molecule has 170 valence electrons. The van der Waals surface area contributed by atoms with Gasteiger partial charge in [-0.25, -0.2) is 0 Å². The fourth-order valence-corrected chi connectivity index (χ4v) is 5.69. The van der Waals surface area contributed by atoms with E-state index in [2.05, 4.69) is 45.8 Å². The van der Waals surface area contributed by atoms with E-state index in [0.29, 0.717) is 19.3 Å².